The SMILES string of the molecule is C#CN1CC2CC1CCN2C(=O)C(C)(C)C. The van der Waals surface area contributed by atoms with Gasteiger partial charge in [-0.05, 0) is 12.8 Å². The van der Waals surface area contributed by atoms with E-state index in [1.54, 1.807) is 0 Å². The molecule has 2 unspecified atom stereocenters. The zero-order valence-electron chi connectivity index (χ0n) is 10.4. The van der Waals surface area contributed by atoms with Gasteiger partial charge < -0.3 is 9.80 Å². The molecule has 2 aliphatic heterocycles. The molecule has 16 heavy (non-hydrogen) atoms. The minimum absolute atomic E-state index is 0.259. The fraction of sp³-hybridized carbons (Fsp3) is 0.769. The molecule has 2 heterocycles. The number of terminal acetylenes is 1. The van der Waals surface area contributed by atoms with Crippen LogP contribution in [0.5, 0.6) is 0 Å². The van der Waals surface area contributed by atoms with E-state index in [-0.39, 0.29) is 11.3 Å². The van der Waals surface area contributed by atoms with Gasteiger partial charge in [0.1, 0.15) is 0 Å². The van der Waals surface area contributed by atoms with E-state index in [4.69, 9.17) is 6.42 Å². The van der Waals surface area contributed by atoms with Crippen LogP contribution < -0.4 is 0 Å². The zero-order chi connectivity index (χ0) is 11.9. The first-order valence-electron chi connectivity index (χ1n) is 5.97. The largest absolute Gasteiger partial charge is 0.337 e. The highest BCUT2D eigenvalue weighted by Gasteiger charge is 2.42. The van der Waals surface area contributed by atoms with Crippen LogP contribution in [0.15, 0.2) is 0 Å². The Labute approximate surface area is 97.8 Å². The van der Waals surface area contributed by atoms with Gasteiger partial charge in [0.05, 0.1) is 6.04 Å². The van der Waals surface area contributed by atoms with E-state index in [9.17, 15) is 4.79 Å². The highest BCUT2D eigenvalue weighted by Crippen LogP contribution is 2.32. The number of hydrogen-bond donors (Lipinski definition) is 0. The smallest absolute Gasteiger partial charge is 0.228 e. The topological polar surface area (TPSA) is 23.6 Å². The lowest BCUT2D eigenvalue weighted by Crippen LogP contribution is -2.48. The molecule has 88 valence electrons. The molecule has 2 fully saturated rings. The predicted octanol–water partition coefficient (Wildman–Crippen LogP) is 1.30. The van der Waals surface area contributed by atoms with Gasteiger partial charge in [0, 0.05) is 30.6 Å². The maximum atomic E-state index is 12.3. The average Bonchev–Trinajstić information content (AvgIpc) is 2.54. The van der Waals surface area contributed by atoms with Gasteiger partial charge in [-0.1, -0.05) is 27.2 Å². The number of fused-ring (bicyclic) bond motifs is 2. The number of nitrogens with zero attached hydrogens (tertiary/aromatic N) is 2. The third-order valence-corrected chi connectivity index (χ3v) is 3.60. The molecule has 0 spiro atoms. The van der Waals surface area contributed by atoms with Gasteiger partial charge in [-0.25, -0.2) is 0 Å². The van der Waals surface area contributed by atoms with Crippen molar-refractivity contribution in [3.05, 3.63) is 0 Å². The number of likely N-dealkylation sites (tertiary alicyclic amines) is 2. The van der Waals surface area contributed by atoms with E-state index in [2.05, 4.69) is 10.9 Å². The Kier molecular flexibility index (Phi) is 2.61. The van der Waals surface area contributed by atoms with Crippen molar-refractivity contribution in [2.75, 3.05) is 13.1 Å². The summed E-state index contributed by atoms with van der Waals surface area (Å²) in [6, 6.07) is 3.56. The zero-order valence-corrected chi connectivity index (χ0v) is 10.4. The number of hydrogen-bond acceptors (Lipinski definition) is 2. The van der Waals surface area contributed by atoms with Crippen LogP contribution in [0.1, 0.15) is 33.6 Å². The second kappa shape index (κ2) is 3.69. The summed E-state index contributed by atoms with van der Waals surface area (Å²) in [4.78, 5) is 16.3. The Morgan fingerprint density at radius 1 is 1.38 bits per heavy atom. The van der Waals surface area contributed by atoms with Crippen LogP contribution in [0.25, 0.3) is 0 Å². The molecular weight excluding hydrogens is 200 g/mol. The molecule has 2 saturated heterocycles. The van der Waals surface area contributed by atoms with Crippen molar-refractivity contribution in [3.63, 3.8) is 0 Å². The summed E-state index contributed by atoms with van der Waals surface area (Å²) >= 11 is 0. The summed E-state index contributed by atoms with van der Waals surface area (Å²) in [5.74, 6) is 0.259. The van der Waals surface area contributed by atoms with Crippen molar-refractivity contribution in [2.24, 2.45) is 5.41 Å². The summed E-state index contributed by atoms with van der Waals surface area (Å²) < 4.78 is 0. The van der Waals surface area contributed by atoms with E-state index in [0.29, 0.717) is 12.1 Å². The van der Waals surface area contributed by atoms with E-state index >= 15 is 0 Å². The van der Waals surface area contributed by atoms with Gasteiger partial charge >= 0.3 is 0 Å². The Morgan fingerprint density at radius 3 is 2.62 bits per heavy atom. The van der Waals surface area contributed by atoms with Gasteiger partial charge in [-0.2, -0.15) is 0 Å². The van der Waals surface area contributed by atoms with Crippen molar-refractivity contribution < 1.29 is 4.79 Å². The van der Waals surface area contributed by atoms with Gasteiger partial charge in [0.25, 0.3) is 0 Å². The standard InChI is InChI=1S/C13H20N2O/c1-5-14-9-11-8-10(14)6-7-15(11)12(16)13(2,3)4/h1,10-11H,6-9H2,2-4H3. The Balaban J connectivity index is 2.11. The Morgan fingerprint density at radius 2 is 2.06 bits per heavy atom. The molecular formula is C13H20N2O. The monoisotopic (exact) mass is 220 g/mol. The van der Waals surface area contributed by atoms with Crippen LogP contribution >= 0.6 is 0 Å². The van der Waals surface area contributed by atoms with Crippen molar-refractivity contribution in [2.45, 2.75) is 45.7 Å². The van der Waals surface area contributed by atoms with Crippen molar-refractivity contribution >= 4 is 5.91 Å². The minimum Gasteiger partial charge on any atom is -0.337 e. The molecule has 3 heteroatoms. The molecule has 2 bridgehead atoms. The molecule has 3 nitrogen and oxygen atoms in total. The highest BCUT2D eigenvalue weighted by molar-refractivity contribution is 5.82. The lowest BCUT2D eigenvalue weighted by Gasteiger charge is -2.36. The Bertz CT molecular complexity index is 337. The Hall–Kier alpha value is -1.17. The van der Waals surface area contributed by atoms with Gasteiger partial charge in [0.2, 0.25) is 5.91 Å². The van der Waals surface area contributed by atoms with Crippen LogP contribution in [0, 0.1) is 17.9 Å². The van der Waals surface area contributed by atoms with E-state index in [1.165, 1.54) is 0 Å². The summed E-state index contributed by atoms with van der Waals surface area (Å²) in [6.45, 7) is 7.66. The lowest BCUT2D eigenvalue weighted by atomic mass is 9.91. The molecule has 0 aromatic heterocycles. The van der Waals surface area contributed by atoms with Gasteiger partial charge in [-0.15, -0.1) is 0 Å². The molecule has 0 N–H and O–H groups in total. The molecule has 2 atom stereocenters. The third-order valence-electron chi connectivity index (χ3n) is 3.60. The quantitative estimate of drug-likeness (QED) is 0.574. The van der Waals surface area contributed by atoms with E-state index in [1.807, 2.05) is 25.7 Å². The number of carbonyl (C=O) groups excluding carboxylic acids is 1. The molecule has 0 saturated carbocycles. The normalized spacial score (nSPS) is 29.1. The average molecular weight is 220 g/mol. The van der Waals surface area contributed by atoms with Crippen LogP contribution in [0.3, 0.4) is 0 Å². The number of rotatable bonds is 0. The molecule has 2 aliphatic rings. The molecule has 0 aromatic rings. The van der Waals surface area contributed by atoms with E-state index < -0.39 is 0 Å². The van der Waals surface area contributed by atoms with Crippen molar-refractivity contribution in [1.29, 1.82) is 0 Å². The molecule has 0 aliphatic carbocycles. The number of carbonyl (C=O) groups is 1. The summed E-state index contributed by atoms with van der Waals surface area (Å²) in [5.41, 5.74) is -0.281. The summed E-state index contributed by atoms with van der Waals surface area (Å²) in [7, 11) is 0. The first-order valence-corrected chi connectivity index (χ1v) is 5.97. The van der Waals surface area contributed by atoms with Gasteiger partial charge in [-0.3, -0.25) is 4.79 Å². The summed E-state index contributed by atoms with van der Waals surface area (Å²) in [5, 5.41) is 0. The number of piperidine rings is 1. The third kappa shape index (κ3) is 1.77. The van der Waals surface area contributed by atoms with Crippen LogP contribution in [0.4, 0.5) is 0 Å². The van der Waals surface area contributed by atoms with Crippen LogP contribution in [-0.4, -0.2) is 40.9 Å². The molecule has 2 rings (SSSR count). The first kappa shape index (κ1) is 11.3. The minimum atomic E-state index is -0.281. The second-order valence-corrected chi connectivity index (χ2v) is 5.86. The molecule has 0 radical (unpaired) electrons. The second-order valence-electron chi connectivity index (χ2n) is 5.86. The van der Waals surface area contributed by atoms with Crippen molar-refractivity contribution in [1.82, 2.24) is 9.80 Å². The predicted molar refractivity (Wildman–Crippen MR) is 63.5 cm³/mol. The van der Waals surface area contributed by atoms with Crippen molar-refractivity contribution in [3.8, 4) is 12.5 Å². The maximum Gasteiger partial charge on any atom is 0.228 e. The highest BCUT2D eigenvalue weighted by atomic mass is 16.2. The van der Waals surface area contributed by atoms with Crippen LogP contribution in [0.2, 0.25) is 0 Å². The molecule has 1 amide bonds. The summed E-state index contributed by atoms with van der Waals surface area (Å²) in [6.07, 6.45) is 7.53. The fourth-order valence-electron chi connectivity index (χ4n) is 2.72. The van der Waals surface area contributed by atoms with E-state index in [0.717, 1.165) is 25.9 Å². The maximum absolute atomic E-state index is 12.3. The first-order chi connectivity index (χ1) is 7.43. The lowest BCUT2D eigenvalue weighted by molar-refractivity contribution is -0.142. The van der Waals surface area contributed by atoms with Crippen LogP contribution in [-0.2, 0) is 4.79 Å². The van der Waals surface area contributed by atoms with Gasteiger partial charge in [0.15, 0.2) is 0 Å². The molecule has 0 aromatic carbocycles. The number of amides is 1. The fourth-order valence-corrected chi connectivity index (χ4v) is 2.72.